The number of nitrogens with zero attached hydrogens (tertiary/aromatic N) is 3. The minimum absolute atomic E-state index is 0.0785. The van der Waals surface area contributed by atoms with Gasteiger partial charge in [-0.2, -0.15) is 0 Å². The number of para-hydroxylation sites is 1. The molecule has 0 spiro atoms. The Labute approximate surface area is 162 Å². The van der Waals surface area contributed by atoms with Crippen LogP contribution in [0, 0.1) is 11.3 Å². The van der Waals surface area contributed by atoms with Crippen LogP contribution in [-0.4, -0.2) is 83.0 Å². The number of carbonyl (C=O) groups is 3. The van der Waals surface area contributed by atoms with Gasteiger partial charge in [0.2, 0.25) is 5.91 Å². The molecule has 0 aliphatic carbocycles. The number of amides is 3. The van der Waals surface area contributed by atoms with E-state index >= 15 is 0 Å². The molecule has 2 saturated heterocycles. The monoisotopic (exact) mass is 384 g/mol. The molecule has 28 heavy (non-hydrogen) atoms. The van der Waals surface area contributed by atoms with Crippen molar-refractivity contribution in [2.75, 3.05) is 40.3 Å². The summed E-state index contributed by atoms with van der Waals surface area (Å²) >= 11 is 0. The van der Waals surface area contributed by atoms with Gasteiger partial charge >= 0.3 is 12.0 Å². The van der Waals surface area contributed by atoms with Crippen LogP contribution in [-0.2, 0) is 16.0 Å². The van der Waals surface area contributed by atoms with Crippen LogP contribution < -0.4 is 0 Å². The summed E-state index contributed by atoms with van der Waals surface area (Å²) < 4.78 is 0. The third kappa shape index (κ3) is 2.80. The highest BCUT2D eigenvalue weighted by Gasteiger charge is 2.59. The normalized spacial score (nSPS) is 23.9. The van der Waals surface area contributed by atoms with Crippen LogP contribution in [0.1, 0.15) is 5.56 Å². The van der Waals surface area contributed by atoms with E-state index in [2.05, 4.69) is 4.98 Å². The average Bonchev–Trinajstić information content (AvgIpc) is 3.32. The minimum Gasteiger partial charge on any atom is -0.481 e. The Morgan fingerprint density at radius 2 is 1.86 bits per heavy atom. The number of nitrogens with one attached hydrogen (secondary N) is 1. The maximum atomic E-state index is 12.9. The van der Waals surface area contributed by atoms with Crippen LogP contribution in [0.15, 0.2) is 30.5 Å². The number of carbonyl (C=O) groups excluding carboxylic acids is 2. The number of hydrogen-bond donors (Lipinski definition) is 2. The van der Waals surface area contributed by atoms with Gasteiger partial charge in [-0.15, -0.1) is 0 Å². The fourth-order valence-corrected chi connectivity index (χ4v) is 4.54. The summed E-state index contributed by atoms with van der Waals surface area (Å²) in [4.78, 5) is 45.1. The summed E-state index contributed by atoms with van der Waals surface area (Å²) in [5.74, 6) is -1.26. The zero-order valence-corrected chi connectivity index (χ0v) is 16.0. The van der Waals surface area contributed by atoms with Crippen molar-refractivity contribution in [3.8, 4) is 0 Å². The van der Waals surface area contributed by atoms with Crippen molar-refractivity contribution in [2.24, 2.45) is 11.3 Å². The topological polar surface area (TPSA) is 97.0 Å². The van der Waals surface area contributed by atoms with E-state index < -0.39 is 11.4 Å². The standard InChI is InChI=1S/C20H24N4O4/c1-22(2)19(28)24-10-14-9-23(11-20(14,12-24)18(26)27)17(25)7-13-8-21-16-6-4-3-5-15(13)16/h3-6,8,14,21H,7,9-12H2,1-2H3,(H,26,27)/t14-,20-/m1/s1. The minimum atomic E-state index is -1.08. The molecular formula is C20H24N4O4. The number of aliphatic carboxylic acids is 1. The molecule has 2 atom stereocenters. The third-order valence-corrected chi connectivity index (χ3v) is 6.06. The maximum absolute atomic E-state index is 12.9. The third-order valence-electron chi connectivity index (χ3n) is 6.06. The lowest BCUT2D eigenvalue weighted by molar-refractivity contribution is -0.149. The highest BCUT2D eigenvalue weighted by molar-refractivity contribution is 5.90. The molecule has 3 amide bonds. The largest absolute Gasteiger partial charge is 0.481 e. The maximum Gasteiger partial charge on any atom is 0.319 e. The molecule has 1 aromatic heterocycles. The Balaban J connectivity index is 1.50. The van der Waals surface area contributed by atoms with Gasteiger partial charge in [-0.05, 0) is 11.6 Å². The summed E-state index contributed by atoms with van der Waals surface area (Å²) in [5.41, 5.74) is 0.802. The molecular weight excluding hydrogens is 360 g/mol. The number of fused-ring (bicyclic) bond motifs is 2. The molecule has 0 radical (unpaired) electrons. The Morgan fingerprint density at radius 1 is 1.18 bits per heavy atom. The van der Waals surface area contributed by atoms with E-state index in [0.29, 0.717) is 13.1 Å². The quantitative estimate of drug-likeness (QED) is 0.832. The van der Waals surface area contributed by atoms with Gasteiger partial charge in [-0.25, -0.2) is 4.79 Å². The van der Waals surface area contributed by atoms with Gasteiger partial charge in [0.15, 0.2) is 0 Å². The summed E-state index contributed by atoms with van der Waals surface area (Å²) in [6.07, 6.45) is 2.07. The van der Waals surface area contributed by atoms with Crippen molar-refractivity contribution in [3.63, 3.8) is 0 Å². The van der Waals surface area contributed by atoms with Gasteiger partial charge in [-0.3, -0.25) is 9.59 Å². The number of likely N-dealkylation sites (tertiary alicyclic amines) is 2. The molecule has 0 saturated carbocycles. The Morgan fingerprint density at radius 3 is 2.54 bits per heavy atom. The molecule has 2 fully saturated rings. The summed E-state index contributed by atoms with van der Waals surface area (Å²) in [6, 6.07) is 7.60. The number of benzene rings is 1. The first-order chi connectivity index (χ1) is 13.3. The summed E-state index contributed by atoms with van der Waals surface area (Å²) in [5, 5.41) is 10.9. The summed E-state index contributed by atoms with van der Waals surface area (Å²) in [7, 11) is 3.31. The highest BCUT2D eigenvalue weighted by Crippen LogP contribution is 2.43. The Kier molecular flexibility index (Phi) is 4.28. The second kappa shape index (κ2) is 6.54. The van der Waals surface area contributed by atoms with Crippen LogP contribution in [0.5, 0.6) is 0 Å². The first kappa shape index (κ1) is 18.3. The van der Waals surface area contributed by atoms with Crippen molar-refractivity contribution in [2.45, 2.75) is 6.42 Å². The van der Waals surface area contributed by atoms with Gasteiger partial charge in [-0.1, -0.05) is 18.2 Å². The second-order valence-electron chi connectivity index (χ2n) is 8.03. The molecule has 3 heterocycles. The number of aromatic amines is 1. The van der Waals surface area contributed by atoms with Crippen LogP contribution in [0.3, 0.4) is 0 Å². The zero-order chi connectivity index (χ0) is 20.1. The van der Waals surface area contributed by atoms with Gasteiger partial charge in [0.1, 0.15) is 5.41 Å². The van der Waals surface area contributed by atoms with E-state index in [4.69, 9.17) is 0 Å². The predicted molar refractivity (Wildman–Crippen MR) is 103 cm³/mol. The number of hydrogen-bond acceptors (Lipinski definition) is 3. The van der Waals surface area contributed by atoms with Gasteiger partial charge < -0.3 is 24.8 Å². The first-order valence-corrected chi connectivity index (χ1v) is 9.34. The van der Waals surface area contributed by atoms with Gasteiger partial charge in [0.25, 0.3) is 0 Å². The van der Waals surface area contributed by atoms with E-state index in [0.717, 1.165) is 16.5 Å². The van der Waals surface area contributed by atoms with E-state index in [1.165, 1.54) is 4.90 Å². The lowest BCUT2D eigenvalue weighted by Crippen LogP contribution is -2.45. The highest BCUT2D eigenvalue weighted by atomic mass is 16.4. The first-order valence-electron chi connectivity index (χ1n) is 9.34. The number of aromatic nitrogens is 1. The molecule has 2 aliphatic rings. The number of H-pyrrole nitrogens is 1. The number of rotatable bonds is 3. The van der Waals surface area contributed by atoms with Gasteiger partial charge in [0, 0.05) is 63.3 Å². The van der Waals surface area contributed by atoms with E-state index in [1.54, 1.807) is 23.9 Å². The lowest BCUT2D eigenvalue weighted by Gasteiger charge is -2.27. The zero-order valence-electron chi connectivity index (χ0n) is 16.0. The average molecular weight is 384 g/mol. The van der Waals surface area contributed by atoms with Crippen molar-refractivity contribution >= 4 is 28.8 Å². The van der Waals surface area contributed by atoms with Crippen molar-refractivity contribution in [1.29, 1.82) is 0 Å². The molecule has 2 aliphatic heterocycles. The smallest absolute Gasteiger partial charge is 0.319 e. The van der Waals surface area contributed by atoms with E-state index in [1.807, 2.05) is 30.5 Å². The Bertz CT molecular complexity index is 953. The fraction of sp³-hybridized carbons (Fsp3) is 0.450. The van der Waals surface area contributed by atoms with Crippen molar-refractivity contribution < 1.29 is 19.5 Å². The molecule has 0 unspecified atom stereocenters. The van der Waals surface area contributed by atoms with Crippen LogP contribution in [0.25, 0.3) is 10.9 Å². The molecule has 8 nitrogen and oxygen atoms in total. The summed E-state index contributed by atoms with van der Waals surface area (Å²) in [6.45, 7) is 1.01. The fourth-order valence-electron chi connectivity index (χ4n) is 4.54. The van der Waals surface area contributed by atoms with Crippen LogP contribution in [0.2, 0.25) is 0 Å². The SMILES string of the molecule is CN(C)C(=O)N1C[C@H]2CN(C(=O)Cc3c[nH]c4ccccc34)C[C@@]2(C(=O)O)C1. The number of carboxylic acids is 1. The predicted octanol–water partition coefficient (Wildman–Crippen LogP) is 1.24. The van der Waals surface area contributed by atoms with Crippen LogP contribution >= 0.6 is 0 Å². The Hall–Kier alpha value is -3.03. The van der Waals surface area contributed by atoms with E-state index in [-0.39, 0.29) is 37.4 Å². The molecule has 148 valence electrons. The second-order valence-corrected chi connectivity index (χ2v) is 8.03. The van der Waals surface area contributed by atoms with Gasteiger partial charge in [0.05, 0.1) is 6.42 Å². The lowest BCUT2D eigenvalue weighted by atomic mass is 9.81. The van der Waals surface area contributed by atoms with Crippen LogP contribution in [0.4, 0.5) is 4.79 Å². The molecule has 4 rings (SSSR count). The molecule has 0 bridgehead atoms. The molecule has 1 aromatic carbocycles. The van der Waals surface area contributed by atoms with Crippen molar-refractivity contribution in [3.05, 3.63) is 36.0 Å². The molecule has 2 aromatic rings. The van der Waals surface area contributed by atoms with Crippen molar-refractivity contribution in [1.82, 2.24) is 19.7 Å². The number of urea groups is 1. The molecule has 8 heteroatoms. The molecule has 2 N–H and O–H groups in total. The number of carboxylic acid groups (broad SMARTS) is 1. The van der Waals surface area contributed by atoms with E-state index in [9.17, 15) is 19.5 Å².